The van der Waals surface area contributed by atoms with Crippen molar-refractivity contribution in [1.29, 1.82) is 0 Å². The van der Waals surface area contributed by atoms with Crippen LogP contribution in [0, 0.1) is 0 Å². The molecule has 1 unspecified atom stereocenters. The molecule has 1 aromatic heterocycles. The van der Waals surface area contributed by atoms with Gasteiger partial charge in [-0.15, -0.1) is 0 Å². The van der Waals surface area contributed by atoms with Crippen LogP contribution in [0.3, 0.4) is 0 Å². The smallest absolute Gasteiger partial charge is 0.332 e. The second-order valence-corrected chi connectivity index (χ2v) is 5.33. The lowest BCUT2D eigenvalue weighted by molar-refractivity contribution is 0.183. The summed E-state index contributed by atoms with van der Waals surface area (Å²) >= 11 is 0. The number of rotatable bonds is 8. The van der Waals surface area contributed by atoms with Crippen LogP contribution in [0.2, 0.25) is 0 Å². The Balaban J connectivity index is 3.00. The largest absolute Gasteiger partial charge is 0.393 e. The SMILES string of the molecule is CCCCn1c(N)c(NCCCC(C)O)c(=O)n(C)c1=O. The molecule has 0 amide bonds. The van der Waals surface area contributed by atoms with Crippen LogP contribution in [0.4, 0.5) is 11.5 Å². The Bertz CT molecular complexity index is 575. The maximum atomic E-state index is 12.1. The molecule has 0 fully saturated rings. The van der Waals surface area contributed by atoms with Crippen LogP contribution in [0.25, 0.3) is 0 Å². The van der Waals surface area contributed by atoms with Crippen molar-refractivity contribution >= 4 is 11.5 Å². The molecule has 1 atom stereocenters. The van der Waals surface area contributed by atoms with Crippen LogP contribution in [-0.2, 0) is 13.6 Å². The molecule has 120 valence electrons. The van der Waals surface area contributed by atoms with Gasteiger partial charge in [0.15, 0.2) is 0 Å². The fourth-order valence-electron chi connectivity index (χ4n) is 2.09. The maximum Gasteiger partial charge on any atom is 0.332 e. The highest BCUT2D eigenvalue weighted by molar-refractivity contribution is 5.60. The summed E-state index contributed by atoms with van der Waals surface area (Å²) in [7, 11) is 1.45. The molecule has 4 N–H and O–H groups in total. The molecule has 1 rings (SSSR count). The number of anilines is 2. The molecule has 7 nitrogen and oxygen atoms in total. The van der Waals surface area contributed by atoms with Gasteiger partial charge in [0.1, 0.15) is 11.5 Å². The number of hydrogen-bond acceptors (Lipinski definition) is 5. The summed E-state index contributed by atoms with van der Waals surface area (Å²) in [5.41, 5.74) is 5.43. The topological polar surface area (TPSA) is 102 Å². The van der Waals surface area contributed by atoms with E-state index in [0.29, 0.717) is 25.9 Å². The summed E-state index contributed by atoms with van der Waals surface area (Å²) in [5.74, 6) is 0.189. The predicted octanol–water partition coefficient (Wildman–Crippen LogP) is 0.502. The van der Waals surface area contributed by atoms with E-state index in [1.165, 1.54) is 11.6 Å². The molecule has 0 aliphatic carbocycles. The van der Waals surface area contributed by atoms with Crippen LogP contribution < -0.4 is 22.3 Å². The van der Waals surface area contributed by atoms with E-state index in [9.17, 15) is 14.7 Å². The fourth-order valence-corrected chi connectivity index (χ4v) is 2.09. The average molecular weight is 298 g/mol. The molecule has 0 aromatic carbocycles. The Morgan fingerprint density at radius 1 is 1.33 bits per heavy atom. The Labute approximate surface area is 124 Å². The first-order valence-corrected chi connectivity index (χ1v) is 7.41. The van der Waals surface area contributed by atoms with Crippen molar-refractivity contribution in [3.05, 3.63) is 20.8 Å². The molecular weight excluding hydrogens is 272 g/mol. The minimum absolute atomic E-state index is 0.189. The highest BCUT2D eigenvalue weighted by atomic mass is 16.3. The van der Waals surface area contributed by atoms with Crippen molar-refractivity contribution in [3.8, 4) is 0 Å². The highest BCUT2D eigenvalue weighted by Gasteiger charge is 2.14. The fraction of sp³-hybridized carbons (Fsp3) is 0.714. The van der Waals surface area contributed by atoms with Gasteiger partial charge in [0, 0.05) is 20.1 Å². The average Bonchev–Trinajstić information content (AvgIpc) is 2.44. The summed E-state index contributed by atoms with van der Waals surface area (Å²) in [6.07, 6.45) is 2.75. The Hall–Kier alpha value is -1.76. The van der Waals surface area contributed by atoms with Gasteiger partial charge in [-0.1, -0.05) is 13.3 Å². The molecule has 1 aromatic rings. The predicted molar refractivity (Wildman–Crippen MR) is 84.7 cm³/mol. The molecule has 0 spiro atoms. The van der Waals surface area contributed by atoms with Gasteiger partial charge >= 0.3 is 5.69 Å². The number of hydrogen-bond donors (Lipinski definition) is 3. The van der Waals surface area contributed by atoms with Crippen molar-refractivity contribution in [2.75, 3.05) is 17.6 Å². The van der Waals surface area contributed by atoms with E-state index in [1.807, 2.05) is 6.92 Å². The first-order valence-electron chi connectivity index (χ1n) is 7.41. The third kappa shape index (κ3) is 4.35. The van der Waals surface area contributed by atoms with Crippen LogP contribution >= 0.6 is 0 Å². The third-order valence-corrected chi connectivity index (χ3v) is 3.42. The van der Waals surface area contributed by atoms with Crippen molar-refractivity contribution in [2.45, 2.75) is 52.2 Å². The molecule has 0 saturated heterocycles. The lowest BCUT2D eigenvalue weighted by atomic mass is 10.2. The van der Waals surface area contributed by atoms with Gasteiger partial charge in [0.25, 0.3) is 5.56 Å². The van der Waals surface area contributed by atoms with Gasteiger partial charge < -0.3 is 16.2 Å². The Kier molecular flexibility index (Phi) is 6.48. The molecule has 0 aliphatic rings. The van der Waals surface area contributed by atoms with Crippen molar-refractivity contribution in [3.63, 3.8) is 0 Å². The third-order valence-electron chi connectivity index (χ3n) is 3.42. The zero-order chi connectivity index (χ0) is 16.0. The number of aliphatic hydroxyl groups excluding tert-OH is 1. The van der Waals surface area contributed by atoms with E-state index in [0.717, 1.165) is 17.4 Å². The number of nitrogen functional groups attached to an aromatic ring is 1. The minimum atomic E-state index is -0.415. The van der Waals surface area contributed by atoms with E-state index >= 15 is 0 Å². The van der Waals surface area contributed by atoms with Gasteiger partial charge in [0.2, 0.25) is 0 Å². The normalized spacial score (nSPS) is 12.4. The van der Waals surface area contributed by atoms with E-state index < -0.39 is 5.56 Å². The van der Waals surface area contributed by atoms with Crippen LogP contribution in [0.5, 0.6) is 0 Å². The van der Waals surface area contributed by atoms with Gasteiger partial charge in [-0.05, 0) is 26.2 Å². The van der Waals surface area contributed by atoms with Crippen LogP contribution in [-0.4, -0.2) is 26.9 Å². The molecule has 0 aliphatic heterocycles. The zero-order valence-corrected chi connectivity index (χ0v) is 13.1. The quantitative estimate of drug-likeness (QED) is 0.607. The molecule has 0 bridgehead atoms. The lowest BCUT2D eigenvalue weighted by Crippen LogP contribution is -2.41. The van der Waals surface area contributed by atoms with Crippen LogP contribution in [0.1, 0.15) is 39.5 Å². The maximum absolute atomic E-state index is 12.1. The molecule has 1 heterocycles. The number of aromatic nitrogens is 2. The number of nitrogens with one attached hydrogen (secondary N) is 1. The summed E-state index contributed by atoms with van der Waals surface area (Å²) in [6.45, 7) is 4.77. The van der Waals surface area contributed by atoms with Crippen molar-refractivity contribution in [2.24, 2.45) is 7.05 Å². The summed E-state index contributed by atoms with van der Waals surface area (Å²) < 4.78 is 2.50. The van der Waals surface area contributed by atoms with Crippen molar-refractivity contribution in [1.82, 2.24) is 9.13 Å². The second kappa shape index (κ2) is 7.87. The van der Waals surface area contributed by atoms with Gasteiger partial charge in [0.05, 0.1) is 6.10 Å². The van der Waals surface area contributed by atoms with E-state index in [2.05, 4.69) is 5.32 Å². The number of nitrogens with zero attached hydrogens (tertiary/aromatic N) is 2. The Morgan fingerprint density at radius 3 is 2.57 bits per heavy atom. The first kappa shape index (κ1) is 17.3. The summed E-state index contributed by atoms with van der Waals surface area (Å²) in [5, 5.41) is 12.2. The van der Waals surface area contributed by atoms with Gasteiger partial charge in [-0.2, -0.15) is 0 Å². The number of nitrogens with two attached hydrogens (primary N) is 1. The lowest BCUT2D eigenvalue weighted by Gasteiger charge is -2.16. The number of unbranched alkanes of at least 4 members (excludes halogenated alkanes) is 1. The van der Waals surface area contributed by atoms with E-state index in [-0.39, 0.29) is 23.3 Å². The standard InChI is InChI=1S/C14H26N4O3/c1-4-5-9-18-12(15)11(13(20)17(3)14(18)21)16-8-6-7-10(2)19/h10,16,19H,4-9,15H2,1-3H3. The zero-order valence-electron chi connectivity index (χ0n) is 13.1. The molecule has 21 heavy (non-hydrogen) atoms. The molecule has 0 saturated carbocycles. The second-order valence-electron chi connectivity index (χ2n) is 5.33. The van der Waals surface area contributed by atoms with Gasteiger partial charge in [-0.3, -0.25) is 13.9 Å². The number of aliphatic hydroxyl groups is 1. The van der Waals surface area contributed by atoms with Crippen LogP contribution in [0.15, 0.2) is 9.59 Å². The highest BCUT2D eigenvalue weighted by Crippen LogP contribution is 2.12. The summed E-state index contributed by atoms with van der Waals surface area (Å²) in [6, 6.07) is 0. The van der Waals surface area contributed by atoms with Crippen molar-refractivity contribution < 1.29 is 5.11 Å². The van der Waals surface area contributed by atoms with E-state index in [4.69, 9.17) is 5.73 Å². The first-order chi connectivity index (χ1) is 9.90. The molecular formula is C14H26N4O3. The van der Waals surface area contributed by atoms with Gasteiger partial charge in [-0.25, -0.2) is 4.79 Å². The summed E-state index contributed by atoms with van der Waals surface area (Å²) in [4.78, 5) is 24.2. The minimum Gasteiger partial charge on any atom is -0.393 e. The monoisotopic (exact) mass is 298 g/mol. The van der Waals surface area contributed by atoms with E-state index in [1.54, 1.807) is 6.92 Å². The Morgan fingerprint density at radius 2 is 2.00 bits per heavy atom. The molecule has 7 heteroatoms. The molecule has 0 radical (unpaired) electrons.